The number of nitrogens with zero attached hydrogens (tertiary/aromatic N) is 3. The zero-order chi connectivity index (χ0) is 22.6. The fourth-order valence-corrected chi connectivity index (χ4v) is 3.17. The number of nitrogen functional groups attached to an aromatic ring is 1. The van der Waals surface area contributed by atoms with E-state index in [1.165, 1.54) is 36.4 Å². The molecule has 13 heteroatoms. The van der Waals surface area contributed by atoms with Crippen LogP contribution in [0.2, 0.25) is 0 Å². The third-order valence-corrected chi connectivity index (χ3v) is 4.78. The summed E-state index contributed by atoms with van der Waals surface area (Å²) in [6, 6.07) is 10.1. The predicted molar refractivity (Wildman–Crippen MR) is 103 cm³/mol. The van der Waals surface area contributed by atoms with Gasteiger partial charge in [0.1, 0.15) is 5.75 Å². The summed E-state index contributed by atoms with van der Waals surface area (Å²) < 4.78 is 68.8. The van der Waals surface area contributed by atoms with Crippen molar-refractivity contribution in [3.05, 3.63) is 54.1 Å². The largest absolute Gasteiger partial charge is 0.435 e. The van der Waals surface area contributed by atoms with Gasteiger partial charge in [-0.25, -0.2) is 4.68 Å². The highest BCUT2D eigenvalue weighted by Gasteiger charge is 2.33. The normalized spacial score (nSPS) is 11.5. The van der Waals surface area contributed by atoms with Crippen LogP contribution in [0.3, 0.4) is 0 Å². The summed E-state index contributed by atoms with van der Waals surface area (Å²) in [5, 5.41) is 10.1. The zero-order valence-corrected chi connectivity index (χ0v) is 16.3. The van der Waals surface area contributed by atoms with Gasteiger partial charge in [0.2, 0.25) is 11.1 Å². The Hall–Kier alpha value is -3.35. The highest BCUT2D eigenvalue weighted by atomic mass is 32.2. The summed E-state index contributed by atoms with van der Waals surface area (Å²) in [5.41, 5.74) is -0.870. The summed E-state index contributed by atoms with van der Waals surface area (Å²) in [7, 11) is 0. The van der Waals surface area contributed by atoms with Crippen LogP contribution >= 0.6 is 11.8 Å². The lowest BCUT2D eigenvalue weighted by Gasteiger charge is -2.13. The molecule has 7 nitrogen and oxygen atoms in total. The first kappa shape index (κ1) is 22.3. The molecule has 1 heterocycles. The molecule has 0 unspecified atom stereocenters. The fourth-order valence-electron chi connectivity index (χ4n) is 2.51. The summed E-state index contributed by atoms with van der Waals surface area (Å²) in [6.07, 6.45) is -4.61. The lowest BCUT2D eigenvalue weighted by atomic mass is 10.1. The van der Waals surface area contributed by atoms with Crippen LogP contribution in [0.15, 0.2) is 53.7 Å². The molecular weight excluding hydrogens is 445 g/mol. The van der Waals surface area contributed by atoms with Gasteiger partial charge in [0.15, 0.2) is 5.82 Å². The van der Waals surface area contributed by atoms with Crippen molar-refractivity contribution in [3.8, 4) is 17.1 Å². The Labute approximate surface area is 176 Å². The van der Waals surface area contributed by atoms with E-state index >= 15 is 0 Å². The fraction of sp³-hybridized carbons (Fsp3) is 0.167. The minimum Gasteiger partial charge on any atom is -0.435 e. The van der Waals surface area contributed by atoms with Gasteiger partial charge in [0.05, 0.1) is 17.0 Å². The van der Waals surface area contributed by atoms with Gasteiger partial charge in [-0.15, -0.1) is 10.2 Å². The molecule has 2 aromatic carbocycles. The number of nitrogens with two attached hydrogens (primary N) is 1. The van der Waals surface area contributed by atoms with Gasteiger partial charge in [-0.05, 0) is 36.4 Å². The van der Waals surface area contributed by atoms with Crippen molar-refractivity contribution in [2.45, 2.75) is 17.9 Å². The van der Waals surface area contributed by atoms with Crippen LogP contribution in [0.5, 0.6) is 5.75 Å². The number of hydrogen-bond acceptors (Lipinski definition) is 6. The van der Waals surface area contributed by atoms with Gasteiger partial charge in [-0.3, -0.25) is 4.79 Å². The topological polar surface area (TPSA) is 95.1 Å². The number of amides is 1. The molecule has 0 radical (unpaired) electrons. The second-order valence-electron chi connectivity index (χ2n) is 5.96. The Bertz CT molecular complexity index is 1060. The van der Waals surface area contributed by atoms with E-state index in [0.29, 0.717) is 5.56 Å². The molecule has 31 heavy (non-hydrogen) atoms. The van der Waals surface area contributed by atoms with Crippen molar-refractivity contribution in [2.75, 3.05) is 16.9 Å². The molecule has 0 aliphatic rings. The van der Waals surface area contributed by atoms with Crippen molar-refractivity contribution in [3.63, 3.8) is 0 Å². The number of nitrogens with one attached hydrogen (secondary N) is 1. The molecule has 0 fully saturated rings. The zero-order valence-electron chi connectivity index (χ0n) is 15.4. The maximum Gasteiger partial charge on any atom is 0.418 e. The van der Waals surface area contributed by atoms with E-state index in [1.807, 2.05) is 0 Å². The molecule has 3 N–H and O–H groups in total. The van der Waals surface area contributed by atoms with E-state index < -0.39 is 24.3 Å². The Morgan fingerprint density at radius 2 is 1.81 bits per heavy atom. The molecule has 0 aliphatic heterocycles. The molecule has 0 bridgehead atoms. The molecule has 0 saturated heterocycles. The number of para-hydroxylation sites is 1. The van der Waals surface area contributed by atoms with E-state index in [4.69, 9.17) is 5.84 Å². The highest BCUT2D eigenvalue weighted by molar-refractivity contribution is 7.99. The molecule has 3 rings (SSSR count). The number of anilines is 1. The number of thioether (sulfide) groups is 1. The molecule has 0 aliphatic carbocycles. The standard InChI is InChI=1S/C18H14F5N5O2S/c19-16(20)30-11-7-5-10(6-8-11)15-26-27-17(28(15)24)31-9-14(29)25-13-4-2-1-3-12(13)18(21,22)23/h1-8,16H,9,24H2,(H,25,29). The average Bonchev–Trinajstić information content (AvgIpc) is 3.06. The van der Waals surface area contributed by atoms with Crippen molar-refractivity contribution in [1.29, 1.82) is 0 Å². The lowest BCUT2D eigenvalue weighted by molar-refractivity contribution is -0.137. The summed E-state index contributed by atoms with van der Waals surface area (Å²) in [4.78, 5) is 12.1. The summed E-state index contributed by atoms with van der Waals surface area (Å²) in [5.74, 6) is 5.08. The lowest BCUT2D eigenvalue weighted by Crippen LogP contribution is -2.19. The SMILES string of the molecule is Nn1c(SCC(=O)Nc2ccccc2C(F)(F)F)nnc1-c1ccc(OC(F)F)cc1. The van der Waals surface area contributed by atoms with Gasteiger partial charge in [-0.2, -0.15) is 22.0 Å². The van der Waals surface area contributed by atoms with E-state index in [9.17, 15) is 26.7 Å². The number of rotatable bonds is 7. The van der Waals surface area contributed by atoms with E-state index in [1.54, 1.807) is 0 Å². The van der Waals surface area contributed by atoms with E-state index in [2.05, 4.69) is 20.3 Å². The summed E-state index contributed by atoms with van der Waals surface area (Å²) in [6.45, 7) is -2.96. The van der Waals surface area contributed by atoms with Crippen LogP contribution < -0.4 is 15.9 Å². The van der Waals surface area contributed by atoms with Crippen molar-refractivity contribution >= 4 is 23.4 Å². The highest BCUT2D eigenvalue weighted by Crippen LogP contribution is 2.34. The predicted octanol–water partition coefficient (Wildman–Crippen LogP) is 4.01. The van der Waals surface area contributed by atoms with E-state index in [-0.39, 0.29) is 28.2 Å². The van der Waals surface area contributed by atoms with Crippen LogP contribution in [-0.4, -0.2) is 33.1 Å². The first-order valence-electron chi connectivity index (χ1n) is 8.50. The molecule has 0 spiro atoms. The van der Waals surface area contributed by atoms with E-state index in [0.717, 1.165) is 28.6 Å². The van der Waals surface area contributed by atoms with Crippen LogP contribution in [0.25, 0.3) is 11.4 Å². The maximum atomic E-state index is 13.0. The number of carbonyl (C=O) groups excluding carboxylic acids is 1. The monoisotopic (exact) mass is 459 g/mol. The van der Waals surface area contributed by atoms with Crippen LogP contribution in [0, 0.1) is 0 Å². The number of alkyl halides is 5. The third kappa shape index (κ3) is 5.63. The van der Waals surface area contributed by atoms with Crippen LogP contribution in [0.4, 0.5) is 27.6 Å². The number of halogens is 5. The maximum absolute atomic E-state index is 13.0. The smallest absolute Gasteiger partial charge is 0.418 e. The van der Waals surface area contributed by atoms with Gasteiger partial charge < -0.3 is 15.9 Å². The molecular formula is C18H14F5N5O2S. The number of ether oxygens (including phenoxy) is 1. The minimum atomic E-state index is -4.61. The first-order valence-corrected chi connectivity index (χ1v) is 9.48. The minimum absolute atomic E-state index is 0.0488. The average molecular weight is 459 g/mol. The Morgan fingerprint density at radius 3 is 2.45 bits per heavy atom. The summed E-state index contributed by atoms with van der Waals surface area (Å²) >= 11 is 0.862. The van der Waals surface area contributed by atoms with Crippen LogP contribution in [-0.2, 0) is 11.0 Å². The number of aromatic nitrogens is 3. The Balaban J connectivity index is 1.65. The number of carbonyl (C=O) groups is 1. The first-order chi connectivity index (χ1) is 14.6. The quantitative estimate of drug-likeness (QED) is 0.315. The third-order valence-electron chi connectivity index (χ3n) is 3.84. The second-order valence-corrected chi connectivity index (χ2v) is 6.90. The number of benzene rings is 2. The van der Waals surface area contributed by atoms with Gasteiger partial charge >= 0.3 is 12.8 Å². The molecule has 164 valence electrons. The molecule has 0 atom stereocenters. The van der Waals surface area contributed by atoms with Crippen molar-refractivity contribution < 1.29 is 31.5 Å². The van der Waals surface area contributed by atoms with Crippen LogP contribution in [0.1, 0.15) is 5.56 Å². The molecule has 1 aromatic heterocycles. The molecule has 1 amide bonds. The Morgan fingerprint density at radius 1 is 1.13 bits per heavy atom. The molecule has 0 saturated carbocycles. The Kier molecular flexibility index (Phi) is 6.63. The molecule has 3 aromatic rings. The van der Waals surface area contributed by atoms with Gasteiger partial charge in [0.25, 0.3) is 0 Å². The van der Waals surface area contributed by atoms with Gasteiger partial charge in [-0.1, -0.05) is 23.9 Å². The van der Waals surface area contributed by atoms with Crippen molar-refractivity contribution in [1.82, 2.24) is 14.9 Å². The second kappa shape index (κ2) is 9.20. The number of hydrogen-bond donors (Lipinski definition) is 2. The van der Waals surface area contributed by atoms with Crippen molar-refractivity contribution in [2.24, 2.45) is 0 Å². The van der Waals surface area contributed by atoms with Gasteiger partial charge in [0, 0.05) is 5.56 Å².